The Morgan fingerprint density at radius 2 is 2.36 bits per heavy atom. The molecular formula is C7H10ClN3. The lowest BCUT2D eigenvalue weighted by Crippen LogP contribution is -1.95. The van der Waals surface area contributed by atoms with Crippen molar-refractivity contribution in [3.05, 3.63) is 11.6 Å². The van der Waals surface area contributed by atoms with Crippen molar-refractivity contribution in [3.8, 4) is 0 Å². The van der Waals surface area contributed by atoms with Crippen molar-refractivity contribution in [1.29, 1.82) is 0 Å². The van der Waals surface area contributed by atoms with E-state index in [1.54, 1.807) is 4.68 Å². The fraction of sp³-hybridized carbons (Fsp3) is 0.714. The first-order valence-corrected chi connectivity index (χ1v) is 4.30. The zero-order chi connectivity index (χ0) is 7.84. The summed E-state index contributed by atoms with van der Waals surface area (Å²) in [5.74, 6) is 2.92. The van der Waals surface area contributed by atoms with Gasteiger partial charge in [-0.1, -0.05) is 0 Å². The first-order valence-electron chi connectivity index (χ1n) is 3.77. The van der Waals surface area contributed by atoms with E-state index in [2.05, 4.69) is 10.1 Å². The summed E-state index contributed by atoms with van der Waals surface area (Å²) in [6, 6.07) is 0. The Morgan fingerprint density at radius 1 is 1.64 bits per heavy atom. The van der Waals surface area contributed by atoms with Crippen LogP contribution in [0.4, 0.5) is 0 Å². The Morgan fingerprint density at radius 3 is 2.82 bits per heavy atom. The predicted octanol–water partition coefficient (Wildman–Crippen LogP) is 1.43. The molecule has 0 aliphatic heterocycles. The molecule has 0 bridgehead atoms. The van der Waals surface area contributed by atoms with E-state index in [4.69, 9.17) is 11.6 Å². The van der Waals surface area contributed by atoms with E-state index in [0.29, 0.717) is 11.8 Å². The molecule has 11 heavy (non-hydrogen) atoms. The van der Waals surface area contributed by atoms with Crippen LogP contribution in [0.1, 0.15) is 30.4 Å². The quantitative estimate of drug-likeness (QED) is 0.631. The van der Waals surface area contributed by atoms with E-state index in [1.807, 2.05) is 7.05 Å². The molecular weight excluding hydrogens is 162 g/mol. The summed E-state index contributed by atoms with van der Waals surface area (Å²) in [4.78, 5) is 4.31. The molecule has 1 saturated carbocycles. The van der Waals surface area contributed by atoms with Gasteiger partial charge >= 0.3 is 0 Å². The van der Waals surface area contributed by atoms with Crippen LogP contribution in [-0.2, 0) is 12.9 Å². The third-order valence-corrected chi connectivity index (χ3v) is 2.17. The lowest BCUT2D eigenvalue weighted by atomic mass is 10.4. The van der Waals surface area contributed by atoms with Crippen molar-refractivity contribution in [2.75, 3.05) is 0 Å². The Balaban J connectivity index is 2.28. The molecule has 0 radical (unpaired) electrons. The molecule has 1 aliphatic rings. The second kappa shape index (κ2) is 2.48. The maximum absolute atomic E-state index is 5.65. The standard InChI is InChI=1S/C7H10ClN3/c1-11-6(4-8)9-7(10-11)5-2-3-5/h5H,2-4H2,1H3. The number of alkyl halides is 1. The molecule has 0 saturated heterocycles. The Bertz CT molecular complexity index is 265. The number of nitrogens with zero attached hydrogens (tertiary/aromatic N) is 3. The molecule has 1 aromatic heterocycles. The molecule has 2 rings (SSSR count). The summed E-state index contributed by atoms with van der Waals surface area (Å²) < 4.78 is 1.76. The van der Waals surface area contributed by atoms with Gasteiger partial charge in [-0.2, -0.15) is 5.10 Å². The number of aryl methyl sites for hydroxylation is 1. The van der Waals surface area contributed by atoms with Crippen LogP contribution in [0.25, 0.3) is 0 Å². The van der Waals surface area contributed by atoms with Crippen LogP contribution in [0.2, 0.25) is 0 Å². The minimum Gasteiger partial charge on any atom is -0.252 e. The second-order valence-electron chi connectivity index (χ2n) is 2.92. The summed E-state index contributed by atoms with van der Waals surface area (Å²) in [6.07, 6.45) is 2.48. The maximum atomic E-state index is 5.65. The second-order valence-corrected chi connectivity index (χ2v) is 3.19. The fourth-order valence-corrected chi connectivity index (χ4v) is 1.30. The van der Waals surface area contributed by atoms with Gasteiger partial charge in [0.25, 0.3) is 0 Å². The molecule has 1 aliphatic carbocycles. The highest BCUT2D eigenvalue weighted by Gasteiger charge is 2.28. The molecule has 0 amide bonds. The van der Waals surface area contributed by atoms with Crippen molar-refractivity contribution < 1.29 is 0 Å². The number of halogens is 1. The third kappa shape index (κ3) is 1.25. The van der Waals surface area contributed by atoms with Crippen LogP contribution >= 0.6 is 11.6 Å². The zero-order valence-electron chi connectivity index (χ0n) is 6.42. The molecule has 1 heterocycles. The number of hydrogen-bond acceptors (Lipinski definition) is 2. The largest absolute Gasteiger partial charge is 0.252 e. The molecule has 3 nitrogen and oxygen atoms in total. The predicted molar refractivity (Wildman–Crippen MR) is 42.5 cm³/mol. The molecule has 0 unspecified atom stereocenters. The van der Waals surface area contributed by atoms with E-state index >= 15 is 0 Å². The van der Waals surface area contributed by atoms with Gasteiger partial charge in [-0.15, -0.1) is 11.6 Å². The average molecular weight is 172 g/mol. The lowest BCUT2D eigenvalue weighted by Gasteiger charge is -1.89. The zero-order valence-corrected chi connectivity index (χ0v) is 7.17. The monoisotopic (exact) mass is 171 g/mol. The van der Waals surface area contributed by atoms with Crippen LogP contribution in [0, 0.1) is 0 Å². The first kappa shape index (κ1) is 7.10. The van der Waals surface area contributed by atoms with E-state index in [1.165, 1.54) is 12.8 Å². The van der Waals surface area contributed by atoms with Crippen LogP contribution < -0.4 is 0 Å². The minimum absolute atomic E-state index is 0.455. The normalized spacial score (nSPS) is 17.3. The summed E-state index contributed by atoms with van der Waals surface area (Å²) in [7, 11) is 1.89. The number of hydrogen-bond donors (Lipinski definition) is 0. The van der Waals surface area contributed by atoms with E-state index in [-0.39, 0.29) is 0 Å². The van der Waals surface area contributed by atoms with Gasteiger partial charge < -0.3 is 0 Å². The van der Waals surface area contributed by atoms with Crippen molar-refractivity contribution in [2.45, 2.75) is 24.6 Å². The van der Waals surface area contributed by atoms with Gasteiger partial charge in [0.2, 0.25) is 0 Å². The first-order chi connectivity index (χ1) is 5.31. The third-order valence-electron chi connectivity index (χ3n) is 1.93. The summed E-state index contributed by atoms with van der Waals surface area (Å²) in [6.45, 7) is 0. The van der Waals surface area contributed by atoms with Crippen molar-refractivity contribution >= 4 is 11.6 Å². The number of rotatable bonds is 2. The van der Waals surface area contributed by atoms with Gasteiger partial charge in [-0.25, -0.2) is 4.98 Å². The maximum Gasteiger partial charge on any atom is 0.154 e. The molecule has 0 aromatic carbocycles. The van der Waals surface area contributed by atoms with E-state index in [9.17, 15) is 0 Å². The van der Waals surface area contributed by atoms with Gasteiger partial charge in [0, 0.05) is 13.0 Å². The van der Waals surface area contributed by atoms with Gasteiger partial charge in [0.1, 0.15) is 5.82 Å². The van der Waals surface area contributed by atoms with Gasteiger partial charge in [-0.05, 0) is 12.8 Å². The van der Waals surface area contributed by atoms with Crippen molar-refractivity contribution in [1.82, 2.24) is 14.8 Å². The summed E-state index contributed by atoms with van der Waals surface area (Å²) in [5, 5.41) is 4.26. The fourth-order valence-electron chi connectivity index (χ4n) is 1.07. The highest BCUT2D eigenvalue weighted by Crippen LogP contribution is 2.37. The van der Waals surface area contributed by atoms with Crippen LogP contribution in [0.3, 0.4) is 0 Å². The van der Waals surface area contributed by atoms with Crippen molar-refractivity contribution in [2.24, 2.45) is 7.05 Å². The lowest BCUT2D eigenvalue weighted by molar-refractivity contribution is 0.716. The average Bonchev–Trinajstić information content (AvgIpc) is 2.76. The molecule has 0 N–H and O–H groups in total. The molecule has 4 heteroatoms. The summed E-state index contributed by atoms with van der Waals surface area (Å²) in [5.41, 5.74) is 0. The molecule has 1 aromatic rings. The molecule has 60 valence electrons. The highest BCUT2D eigenvalue weighted by atomic mass is 35.5. The SMILES string of the molecule is Cn1nc(C2CC2)nc1CCl. The topological polar surface area (TPSA) is 30.7 Å². The van der Waals surface area contributed by atoms with Gasteiger partial charge in [0.05, 0.1) is 5.88 Å². The van der Waals surface area contributed by atoms with Crippen molar-refractivity contribution in [3.63, 3.8) is 0 Å². The van der Waals surface area contributed by atoms with E-state index < -0.39 is 0 Å². The molecule has 0 atom stereocenters. The Kier molecular flexibility index (Phi) is 1.60. The van der Waals surface area contributed by atoms with Crippen LogP contribution in [-0.4, -0.2) is 14.8 Å². The van der Waals surface area contributed by atoms with Crippen LogP contribution in [0.15, 0.2) is 0 Å². The van der Waals surface area contributed by atoms with Gasteiger partial charge in [0.15, 0.2) is 5.82 Å². The molecule has 0 spiro atoms. The van der Waals surface area contributed by atoms with Crippen LogP contribution in [0.5, 0.6) is 0 Å². The highest BCUT2D eigenvalue weighted by molar-refractivity contribution is 6.16. The smallest absolute Gasteiger partial charge is 0.154 e. The Labute approximate surface area is 70.4 Å². The molecule has 1 fully saturated rings. The minimum atomic E-state index is 0.455. The summed E-state index contributed by atoms with van der Waals surface area (Å²) >= 11 is 5.65. The Hall–Kier alpha value is -0.570. The van der Waals surface area contributed by atoms with E-state index in [0.717, 1.165) is 11.6 Å². The van der Waals surface area contributed by atoms with Gasteiger partial charge in [-0.3, -0.25) is 4.68 Å². The number of aromatic nitrogens is 3.